The monoisotopic (exact) mass is 323 g/mol. The molecular weight excluding hydrogens is 309 g/mol. The van der Waals surface area contributed by atoms with Gasteiger partial charge in [0.15, 0.2) is 5.76 Å². The van der Waals surface area contributed by atoms with Gasteiger partial charge in [0.2, 0.25) is 0 Å². The molecule has 1 aliphatic rings. The summed E-state index contributed by atoms with van der Waals surface area (Å²) in [5, 5.41) is 2.81. The molecule has 2 aromatic carbocycles. The van der Waals surface area contributed by atoms with Gasteiger partial charge in [0.05, 0.1) is 6.61 Å². The van der Waals surface area contributed by atoms with Crippen LogP contribution >= 0.6 is 0 Å². The fourth-order valence-electron chi connectivity index (χ4n) is 2.69. The number of carbonyl (C=O) groups is 1. The van der Waals surface area contributed by atoms with E-state index in [1.165, 1.54) is 12.1 Å². The molecule has 1 aromatic heterocycles. The second-order valence-electron chi connectivity index (χ2n) is 5.55. The summed E-state index contributed by atoms with van der Waals surface area (Å²) in [5.74, 6) is 0.934. The Morgan fingerprint density at radius 3 is 2.71 bits per heavy atom. The molecule has 24 heavy (non-hydrogen) atoms. The average Bonchev–Trinajstić information content (AvgIpc) is 3.24. The summed E-state index contributed by atoms with van der Waals surface area (Å²) >= 11 is 0. The minimum Gasteiger partial charge on any atom is -0.493 e. The van der Waals surface area contributed by atoms with E-state index in [0.29, 0.717) is 23.6 Å². The molecule has 0 spiro atoms. The van der Waals surface area contributed by atoms with Gasteiger partial charge in [-0.3, -0.25) is 4.79 Å². The third-order valence-corrected chi connectivity index (χ3v) is 3.91. The molecule has 1 amide bonds. The highest BCUT2D eigenvalue weighted by atomic mass is 19.1. The van der Waals surface area contributed by atoms with E-state index in [1.807, 2.05) is 12.1 Å². The number of rotatable bonds is 3. The van der Waals surface area contributed by atoms with Crippen molar-refractivity contribution in [2.75, 3.05) is 11.9 Å². The Labute approximate surface area is 137 Å². The number of fused-ring (bicyclic) bond motifs is 1. The maximum atomic E-state index is 13.0. The predicted octanol–water partition coefficient (Wildman–Crippen LogP) is 4.27. The van der Waals surface area contributed by atoms with Crippen LogP contribution in [0.15, 0.2) is 59.0 Å². The maximum Gasteiger partial charge on any atom is 0.291 e. The van der Waals surface area contributed by atoms with Crippen LogP contribution in [0.4, 0.5) is 10.1 Å². The van der Waals surface area contributed by atoms with Gasteiger partial charge in [-0.25, -0.2) is 4.39 Å². The minimum atomic E-state index is -0.331. The number of hydrogen-bond acceptors (Lipinski definition) is 3. The van der Waals surface area contributed by atoms with Crippen molar-refractivity contribution < 1.29 is 18.3 Å². The average molecular weight is 323 g/mol. The van der Waals surface area contributed by atoms with Crippen molar-refractivity contribution in [1.29, 1.82) is 0 Å². The molecule has 0 saturated carbocycles. The highest BCUT2D eigenvalue weighted by Crippen LogP contribution is 2.28. The van der Waals surface area contributed by atoms with E-state index in [0.717, 1.165) is 17.7 Å². The lowest BCUT2D eigenvalue weighted by Gasteiger charge is -2.05. The summed E-state index contributed by atoms with van der Waals surface area (Å²) < 4.78 is 24.0. The molecule has 4 rings (SSSR count). The van der Waals surface area contributed by atoms with Crippen molar-refractivity contribution in [1.82, 2.24) is 0 Å². The molecular formula is C19H14FNO3. The second kappa shape index (κ2) is 5.85. The summed E-state index contributed by atoms with van der Waals surface area (Å²) in [6.45, 7) is 0.673. The van der Waals surface area contributed by atoms with E-state index >= 15 is 0 Å². The van der Waals surface area contributed by atoms with Gasteiger partial charge in [0.1, 0.15) is 17.3 Å². The highest BCUT2D eigenvalue weighted by Gasteiger charge is 2.15. The zero-order valence-corrected chi connectivity index (χ0v) is 12.7. The molecule has 0 atom stereocenters. The summed E-state index contributed by atoms with van der Waals surface area (Å²) in [6.07, 6.45) is 0.842. The third-order valence-electron chi connectivity index (χ3n) is 3.91. The van der Waals surface area contributed by atoms with Gasteiger partial charge in [0, 0.05) is 17.7 Å². The topological polar surface area (TPSA) is 51.5 Å². The van der Waals surface area contributed by atoms with Gasteiger partial charge in [-0.2, -0.15) is 0 Å². The van der Waals surface area contributed by atoms with Crippen molar-refractivity contribution in [3.63, 3.8) is 0 Å². The quantitative estimate of drug-likeness (QED) is 0.783. The molecule has 0 aliphatic carbocycles. The molecule has 0 unspecified atom stereocenters. The van der Waals surface area contributed by atoms with Crippen LogP contribution in [-0.2, 0) is 6.42 Å². The Morgan fingerprint density at radius 1 is 1.04 bits per heavy atom. The first-order valence-electron chi connectivity index (χ1n) is 7.62. The second-order valence-corrected chi connectivity index (χ2v) is 5.55. The normalized spacial score (nSPS) is 12.5. The molecule has 5 heteroatoms. The van der Waals surface area contributed by atoms with Crippen molar-refractivity contribution >= 4 is 11.6 Å². The van der Waals surface area contributed by atoms with Crippen LogP contribution in [0.2, 0.25) is 0 Å². The largest absolute Gasteiger partial charge is 0.493 e. The number of furan rings is 1. The summed E-state index contributed by atoms with van der Waals surface area (Å²) in [6, 6.07) is 14.8. The molecule has 1 aliphatic heterocycles. The van der Waals surface area contributed by atoms with Crippen molar-refractivity contribution in [3.8, 4) is 17.1 Å². The smallest absolute Gasteiger partial charge is 0.291 e. The summed E-state index contributed by atoms with van der Waals surface area (Å²) in [7, 11) is 0. The van der Waals surface area contributed by atoms with Crippen LogP contribution in [0.3, 0.4) is 0 Å². The number of halogens is 1. The molecule has 0 radical (unpaired) electrons. The van der Waals surface area contributed by atoms with E-state index < -0.39 is 0 Å². The fourth-order valence-corrected chi connectivity index (χ4v) is 2.69. The minimum absolute atomic E-state index is 0.200. The molecule has 3 aromatic rings. The third kappa shape index (κ3) is 2.76. The first-order chi connectivity index (χ1) is 11.7. The highest BCUT2D eigenvalue weighted by molar-refractivity contribution is 6.02. The number of carbonyl (C=O) groups excluding carboxylic acids is 1. The Balaban J connectivity index is 1.52. The SMILES string of the molecule is O=C(Nc1ccc2c(c1)CCO2)c1ccc(-c2ccc(F)cc2)o1. The Kier molecular flexibility index (Phi) is 3.54. The predicted molar refractivity (Wildman–Crippen MR) is 87.7 cm³/mol. The van der Waals surface area contributed by atoms with Crippen molar-refractivity contribution in [3.05, 3.63) is 71.7 Å². The molecule has 0 bridgehead atoms. The number of nitrogens with one attached hydrogen (secondary N) is 1. The maximum absolute atomic E-state index is 13.0. The van der Waals surface area contributed by atoms with Crippen LogP contribution in [-0.4, -0.2) is 12.5 Å². The lowest BCUT2D eigenvalue weighted by Crippen LogP contribution is -2.10. The molecule has 0 saturated heterocycles. The van der Waals surface area contributed by atoms with E-state index in [9.17, 15) is 9.18 Å². The molecule has 4 nitrogen and oxygen atoms in total. The Bertz CT molecular complexity index is 899. The lowest BCUT2D eigenvalue weighted by molar-refractivity contribution is 0.0997. The van der Waals surface area contributed by atoms with Crippen LogP contribution in [0.5, 0.6) is 5.75 Å². The zero-order valence-electron chi connectivity index (χ0n) is 12.7. The van der Waals surface area contributed by atoms with Gasteiger partial charge in [0.25, 0.3) is 5.91 Å². The van der Waals surface area contributed by atoms with E-state index in [2.05, 4.69) is 5.32 Å². The van der Waals surface area contributed by atoms with Crippen molar-refractivity contribution in [2.45, 2.75) is 6.42 Å². The Hall–Kier alpha value is -3.08. The van der Waals surface area contributed by atoms with E-state index in [-0.39, 0.29) is 17.5 Å². The molecule has 2 heterocycles. The number of anilines is 1. The van der Waals surface area contributed by atoms with Gasteiger partial charge >= 0.3 is 0 Å². The van der Waals surface area contributed by atoms with E-state index in [1.54, 1.807) is 30.3 Å². The van der Waals surface area contributed by atoms with Crippen LogP contribution in [0, 0.1) is 5.82 Å². The van der Waals surface area contributed by atoms with Crippen LogP contribution < -0.4 is 10.1 Å². The summed E-state index contributed by atoms with van der Waals surface area (Å²) in [5.41, 5.74) is 2.49. The van der Waals surface area contributed by atoms with Gasteiger partial charge in [-0.15, -0.1) is 0 Å². The number of benzene rings is 2. The van der Waals surface area contributed by atoms with E-state index in [4.69, 9.17) is 9.15 Å². The number of ether oxygens (including phenoxy) is 1. The number of hydrogen-bond donors (Lipinski definition) is 1. The van der Waals surface area contributed by atoms with Gasteiger partial charge < -0.3 is 14.5 Å². The molecule has 120 valence electrons. The number of amides is 1. The zero-order chi connectivity index (χ0) is 16.5. The lowest BCUT2D eigenvalue weighted by atomic mass is 10.1. The van der Waals surface area contributed by atoms with Gasteiger partial charge in [-0.1, -0.05) is 0 Å². The van der Waals surface area contributed by atoms with Crippen LogP contribution in [0.1, 0.15) is 16.1 Å². The van der Waals surface area contributed by atoms with Gasteiger partial charge in [-0.05, 0) is 60.2 Å². The Morgan fingerprint density at radius 2 is 1.88 bits per heavy atom. The van der Waals surface area contributed by atoms with Crippen molar-refractivity contribution in [2.24, 2.45) is 0 Å². The summed E-state index contributed by atoms with van der Waals surface area (Å²) in [4.78, 5) is 12.3. The standard InChI is InChI=1S/C19H14FNO3/c20-14-3-1-12(2-4-14)17-7-8-18(24-17)19(22)21-15-5-6-16-13(11-15)9-10-23-16/h1-8,11H,9-10H2,(H,21,22). The first kappa shape index (κ1) is 14.5. The fraction of sp³-hybridized carbons (Fsp3) is 0.105. The molecule has 1 N–H and O–H groups in total. The van der Waals surface area contributed by atoms with Crippen LogP contribution in [0.25, 0.3) is 11.3 Å². The molecule has 0 fully saturated rings. The first-order valence-corrected chi connectivity index (χ1v) is 7.62.